The Hall–Kier alpha value is -1.69. The molecule has 0 spiro atoms. The first-order valence-corrected chi connectivity index (χ1v) is 4.82. The minimum atomic E-state index is -0.133. The third-order valence-electron chi connectivity index (χ3n) is 2.05. The Morgan fingerprint density at radius 2 is 2.33 bits per heavy atom. The van der Waals surface area contributed by atoms with Crippen molar-refractivity contribution < 1.29 is 0 Å². The van der Waals surface area contributed by atoms with Gasteiger partial charge in [0.05, 0.1) is 17.2 Å². The van der Waals surface area contributed by atoms with Crippen molar-refractivity contribution >= 4 is 22.7 Å². The number of hydrogen-bond acceptors (Lipinski definition) is 3. The van der Waals surface area contributed by atoms with E-state index in [4.69, 9.17) is 18.0 Å². The molecule has 0 bridgehead atoms. The number of aryl methyl sites for hydroxylation is 1. The lowest BCUT2D eigenvalue weighted by Gasteiger charge is -2.03. The molecule has 0 aliphatic rings. The molecule has 2 aromatic rings. The predicted octanol–water partition coefficient (Wildman–Crippen LogP) is 0.0905. The van der Waals surface area contributed by atoms with Crippen molar-refractivity contribution in [3.05, 3.63) is 34.5 Å². The van der Waals surface area contributed by atoms with Gasteiger partial charge in [-0.3, -0.25) is 4.79 Å². The van der Waals surface area contributed by atoms with Crippen LogP contribution in [0.1, 0.15) is 5.69 Å². The Morgan fingerprint density at radius 1 is 1.60 bits per heavy atom. The topological polar surface area (TPSA) is 65.3 Å². The molecule has 2 rings (SSSR count). The second-order valence-corrected chi connectivity index (χ2v) is 3.84. The fraction of sp³-hybridized carbons (Fsp3) is 0.222. The minimum absolute atomic E-state index is 0.133. The van der Waals surface area contributed by atoms with E-state index in [-0.39, 0.29) is 17.1 Å². The van der Waals surface area contributed by atoms with Crippen molar-refractivity contribution in [1.29, 1.82) is 0 Å². The standard InChI is InChI=1S/C9H10N4OS/c1-6-4-7-9(14)12(5-8(10)15)2-3-13(7)11-6/h2-4H,5H2,1H3,(H2,10,15). The third-order valence-corrected chi connectivity index (χ3v) is 2.18. The van der Waals surface area contributed by atoms with Crippen LogP contribution in [0, 0.1) is 6.92 Å². The van der Waals surface area contributed by atoms with Crippen molar-refractivity contribution in [2.45, 2.75) is 13.5 Å². The molecule has 0 saturated carbocycles. The molecule has 0 saturated heterocycles. The zero-order valence-electron chi connectivity index (χ0n) is 8.17. The lowest BCUT2D eigenvalue weighted by atomic mass is 10.4. The van der Waals surface area contributed by atoms with E-state index in [1.54, 1.807) is 23.0 Å². The summed E-state index contributed by atoms with van der Waals surface area (Å²) < 4.78 is 3.02. The Kier molecular flexibility index (Phi) is 2.28. The summed E-state index contributed by atoms with van der Waals surface area (Å²) in [6.45, 7) is 2.10. The minimum Gasteiger partial charge on any atom is -0.392 e. The van der Waals surface area contributed by atoms with Crippen LogP contribution in [0.5, 0.6) is 0 Å². The number of rotatable bonds is 2. The molecule has 0 amide bonds. The maximum Gasteiger partial charge on any atom is 0.276 e. The molecule has 0 radical (unpaired) electrons. The number of nitrogens with two attached hydrogens (primary N) is 1. The SMILES string of the molecule is Cc1cc2c(=O)n(CC(N)=S)ccn2n1. The maximum atomic E-state index is 11.9. The summed E-state index contributed by atoms with van der Waals surface area (Å²) in [4.78, 5) is 12.2. The van der Waals surface area contributed by atoms with Gasteiger partial charge in [0.25, 0.3) is 5.56 Å². The lowest BCUT2D eigenvalue weighted by Crippen LogP contribution is -2.27. The lowest BCUT2D eigenvalue weighted by molar-refractivity contribution is 0.781. The Bertz CT molecular complexity index is 583. The fourth-order valence-corrected chi connectivity index (χ4v) is 1.58. The second kappa shape index (κ2) is 3.47. The summed E-state index contributed by atoms with van der Waals surface area (Å²) in [5.74, 6) is 0. The highest BCUT2D eigenvalue weighted by molar-refractivity contribution is 7.80. The van der Waals surface area contributed by atoms with Gasteiger partial charge in [0.15, 0.2) is 0 Å². The van der Waals surface area contributed by atoms with E-state index in [2.05, 4.69) is 5.10 Å². The first-order valence-electron chi connectivity index (χ1n) is 4.41. The van der Waals surface area contributed by atoms with Crippen LogP contribution in [0.2, 0.25) is 0 Å². The smallest absolute Gasteiger partial charge is 0.276 e. The monoisotopic (exact) mass is 222 g/mol. The highest BCUT2D eigenvalue weighted by Gasteiger charge is 2.05. The quantitative estimate of drug-likeness (QED) is 0.731. The van der Waals surface area contributed by atoms with E-state index >= 15 is 0 Å². The summed E-state index contributed by atoms with van der Waals surface area (Å²) in [6.07, 6.45) is 3.34. The highest BCUT2D eigenvalue weighted by Crippen LogP contribution is 1.99. The molecule has 15 heavy (non-hydrogen) atoms. The van der Waals surface area contributed by atoms with Crippen LogP contribution in [0.25, 0.3) is 5.52 Å². The normalized spacial score (nSPS) is 10.7. The second-order valence-electron chi connectivity index (χ2n) is 3.31. The van der Waals surface area contributed by atoms with Crippen molar-refractivity contribution in [3.8, 4) is 0 Å². The van der Waals surface area contributed by atoms with Crippen molar-refractivity contribution in [1.82, 2.24) is 14.2 Å². The molecule has 2 heterocycles. The molecule has 0 unspecified atom stereocenters. The zero-order valence-corrected chi connectivity index (χ0v) is 8.99. The molecule has 5 nitrogen and oxygen atoms in total. The Balaban J connectivity index is 2.64. The Morgan fingerprint density at radius 3 is 3.00 bits per heavy atom. The first-order chi connectivity index (χ1) is 7.08. The predicted molar refractivity (Wildman–Crippen MR) is 61.0 cm³/mol. The van der Waals surface area contributed by atoms with Crippen LogP contribution in [-0.2, 0) is 6.54 Å². The summed E-state index contributed by atoms with van der Waals surface area (Å²) in [6, 6.07) is 1.73. The summed E-state index contributed by atoms with van der Waals surface area (Å²) in [5, 5.41) is 4.13. The van der Waals surface area contributed by atoms with E-state index in [9.17, 15) is 4.79 Å². The highest BCUT2D eigenvalue weighted by atomic mass is 32.1. The van der Waals surface area contributed by atoms with Crippen LogP contribution >= 0.6 is 12.2 Å². The number of fused-ring (bicyclic) bond motifs is 1. The zero-order chi connectivity index (χ0) is 11.0. The summed E-state index contributed by atoms with van der Waals surface area (Å²) in [5.41, 5.74) is 6.60. The number of aromatic nitrogens is 3. The van der Waals surface area contributed by atoms with E-state index in [0.717, 1.165) is 5.69 Å². The Labute approximate surface area is 91.1 Å². The van der Waals surface area contributed by atoms with Gasteiger partial charge in [-0.25, -0.2) is 4.52 Å². The van der Waals surface area contributed by atoms with Crippen LogP contribution < -0.4 is 11.3 Å². The molecule has 78 valence electrons. The molecule has 0 aliphatic heterocycles. The van der Waals surface area contributed by atoms with Gasteiger partial charge in [0.1, 0.15) is 5.52 Å². The average Bonchev–Trinajstić information content (AvgIpc) is 2.51. The number of nitrogens with zero attached hydrogens (tertiary/aromatic N) is 3. The number of thiocarbonyl (C=S) groups is 1. The molecule has 0 fully saturated rings. The van der Waals surface area contributed by atoms with Crippen LogP contribution in [0.4, 0.5) is 0 Å². The molecule has 2 aromatic heterocycles. The molecule has 0 atom stereocenters. The van der Waals surface area contributed by atoms with Crippen molar-refractivity contribution in [2.24, 2.45) is 5.73 Å². The van der Waals surface area contributed by atoms with Gasteiger partial charge in [-0.1, -0.05) is 12.2 Å². The van der Waals surface area contributed by atoms with Crippen molar-refractivity contribution in [3.63, 3.8) is 0 Å². The van der Waals surface area contributed by atoms with Gasteiger partial charge in [-0.05, 0) is 13.0 Å². The largest absolute Gasteiger partial charge is 0.392 e. The van der Waals surface area contributed by atoms with Gasteiger partial charge in [0.2, 0.25) is 0 Å². The van der Waals surface area contributed by atoms with E-state index in [1.165, 1.54) is 4.57 Å². The van der Waals surface area contributed by atoms with Gasteiger partial charge in [0, 0.05) is 12.4 Å². The van der Waals surface area contributed by atoms with Crippen LogP contribution in [-0.4, -0.2) is 19.2 Å². The van der Waals surface area contributed by atoms with Crippen LogP contribution in [0.3, 0.4) is 0 Å². The molecular weight excluding hydrogens is 212 g/mol. The molecular formula is C9H10N4OS. The van der Waals surface area contributed by atoms with Crippen molar-refractivity contribution in [2.75, 3.05) is 0 Å². The van der Waals surface area contributed by atoms with Gasteiger partial charge < -0.3 is 10.3 Å². The summed E-state index contributed by atoms with van der Waals surface area (Å²) >= 11 is 4.76. The first kappa shape index (κ1) is 9.85. The maximum absolute atomic E-state index is 11.9. The summed E-state index contributed by atoms with van der Waals surface area (Å²) in [7, 11) is 0. The van der Waals surface area contributed by atoms with Crippen LogP contribution in [0.15, 0.2) is 23.3 Å². The van der Waals surface area contributed by atoms with E-state index in [1.807, 2.05) is 6.92 Å². The van der Waals surface area contributed by atoms with E-state index in [0.29, 0.717) is 5.52 Å². The van der Waals surface area contributed by atoms with Gasteiger partial charge in [-0.2, -0.15) is 5.10 Å². The molecule has 0 aliphatic carbocycles. The fourth-order valence-electron chi connectivity index (χ4n) is 1.44. The van der Waals surface area contributed by atoms with E-state index < -0.39 is 0 Å². The third kappa shape index (κ3) is 1.75. The van der Waals surface area contributed by atoms with Gasteiger partial charge >= 0.3 is 0 Å². The molecule has 6 heteroatoms. The molecule has 0 aromatic carbocycles. The average molecular weight is 222 g/mol. The number of hydrogen-bond donors (Lipinski definition) is 1. The molecule has 2 N–H and O–H groups in total. The van der Waals surface area contributed by atoms with Gasteiger partial charge in [-0.15, -0.1) is 0 Å².